The molecule has 126 valence electrons. The van der Waals surface area contributed by atoms with Gasteiger partial charge in [0, 0.05) is 5.69 Å². The number of nitrogens with one attached hydrogen (secondary N) is 1. The van der Waals surface area contributed by atoms with E-state index in [0.29, 0.717) is 16.5 Å². The highest BCUT2D eigenvalue weighted by atomic mass is 35.5. The topological polar surface area (TPSA) is 64.6 Å². The van der Waals surface area contributed by atoms with E-state index in [-0.39, 0.29) is 5.56 Å². The third-order valence-corrected chi connectivity index (χ3v) is 3.46. The van der Waals surface area contributed by atoms with Gasteiger partial charge in [-0.15, -0.1) is 0 Å². The predicted octanol–water partition coefficient (Wildman–Crippen LogP) is 3.67. The lowest BCUT2D eigenvalue weighted by atomic mass is 10.2. The van der Waals surface area contributed by atoms with Crippen molar-refractivity contribution in [1.29, 1.82) is 0 Å². The molecule has 0 radical (unpaired) electrons. The molecule has 0 saturated heterocycles. The van der Waals surface area contributed by atoms with E-state index in [2.05, 4.69) is 5.32 Å². The summed E-state index contributed by atoms with van der Waals surface area (Å²) in [6, 6.07) is 10.1. The van der Waals surface area contributed by atoms with E-state index in [9.17, 15) is 14.0 Å². The molecule has 0 spiro atoms. The lowest BCUT2D eigenvalue weighted by molar-refractivity contribution is -0.123. The van der Waals surface area contributed by atoms with Crippen molar-refractivity contribution >= 4 is 29.2 Å². The summed E-state index contributed by atoms with van der Waals surface area (Å²) < 4.78 is 23.5. The number of hydrogen-bond donors (Lipinski definition) is 1. The van der Waals surface area contributed by atoms with Crippen molar-refractivity contribution in [2.75, 3.05) is 12.4 Å². The number of carbonyl (C=O) groups excluding carboxylic acids is 2. The van der Waals surface area contributed by atoms with E-state index in [4.69, 9.17) is 21.1 Å². The van der Waals surface area contributed by atoms with Gasteiger partial charge in [-0.05, 0) is 37.3 Å². The third kappa shape index (κ3) is 4.23. The number of esters is 1. The van der Waals surface area contributed by atoms with E-state index in [1.54, 1.807) is 12.1 Å². The number of carbonyl (C=O) groups is 2. The molecule has 1 atom stereocenters. The number of benzene rings is 2. The standard InChI is InChI=1S/C17H15ClFNO4/c1-10(24-17(22)12-5-3-4-6-14(12)19)16(21)20-11-7-8-15(23-2)13(18)9-11/h3-10H,1-2H3,(H,20,21). The quantitative estimate of drug-likeness (QED) is 0.835. The lowest BCUT2D eigenvalue weighted by Gasteiger charge is -2.14. The fourth-order valence-corrected chi connectivity index (χ4v) is 2.15. The fraction of sp³-hybridized carbons (Fsp3) is 0.176. The summed E-state index contributed by atoms with van der Waals surface area (Å²) in [5, 5.41) is 2.88. The zero-order valence-electron chi connectivity index (χ0n) is 13.0. The Kier molecular flexibility index (Phi) is 5.76. The van der Waals surface area contributed by atoms with Crippen molar-refractivity contribution in [2.24, 2.45) is 0 Å². The monoisotopic (exact) mass is 351 g/mol. The highest BCUT2D eigenvalue weighted by Crippen LogP contribution is 2.27. The van der Waals surface area contributed by atoms with Crippen molar-refractivity contribution in [2.45, 2.75) is 13.0 Å². The number of amides is 1. The van der Waals surface area contributed by atoms with Crippen LogP contribution in [0.5, 0.6) is 5.75 Å². The van der Waals surface area contributed by atoms with Crippen molar-refractivity contribution in [3.63, 3.8) is 0 Å². The van der Waals surface area contributed by atoms with Gasteiger partial charge in [-0.1, -0.05) is 23.7 Å². The molecule has 0 aliphatic heterocycles. The van der Waals surface area contributed by atoms with Gasteiger partial charge in [0.1, 0.15) is 11.6 Å². The van der Waals surface area contributed by atoms with Gasteiger partial charge in [0.05, 0.1) is 17.7 Å². The first kappa shape index (κ1) is 17.7. The van der Waals surface area contributed by atoms with Crippen molar-refractivity contribution < 1.29 is 23.5 Å². The van der Waals surface area contributed by atoms with Crippen LogP contribution in [0.2, 0.25) is 5.02 Å². The molecular formula is C17H15ClFNO4. The van der Waals surface area contributed by atoms with E-state index in [0.717, 1.165) is 6.07 Å². The molecule has 0 aliphatic rings. The van der Waals surface area contributed by atoms with Gasteiger partial charge < -0.3 is 14.8 Å². The second-order valence-corrected chi connectivity index (χ2v) is 5.27. The summed E-state index contributed by atoms with van der Waals surface area (Å²) in [5.74, 6) is -1.73. The Morgan fingerprint density at radius 3 is 2.54 bits per heavy atom. The molecule has 24 heavy (non-hydrogen) atoms. The Morgan fingerprint density at radius 2 is 1.92 bits per heavy atom. The van der Waals surface area contributed by atoms with Gasteiger partial charge in [0.2, 0.25) is 0 Å². The summed E-state index contributed by atoms with van der Waals surface area (Å²) in [6.07, 6.45) is -1.11. The predicted molar refractivity (Wildman–Crippen MR) is 87.9 cm³/mol. The smallest absolute Gasteiger partial charge is 0.341 e. The van der Waals surface area contributed by atoms with Gasteiger partial charge in [-0.25, -0.2) is 9.18 Å². The molecule has 0 aromatic heterocycles. The highest BCUT2D eigenvalue weighted by molar-refractivity contribution is 6.32. The molecule has 0 fully saturated rings. The Bertz CT molecular complexity index is 766. The Hall–Kier alpha value is -2.60. The Morgan fingerprint density at radius 1 is 1.21 bits per heavy atom. The summed E-state index contributed by atoms with van der Waals surface area (Å²) in [6.45, 7) is 1.39. The molecule has 0 aliphatic carbocycles. The van der Waals surface area contributed by atoms with Gasteiger partial charge in [0.15, 0.2) is 6.10 Å². The Balaban J connectivity index is 2.01. The first-order valence-corrected chi connectivity index (χ1v) is 7.40. The summed E-state index contributed by atoms with van der Waals surface area (Å²) >= 11 is 5.97. The van der Waals surface area contributed by atoms with Crippen LogP contribution in [-0.2, 0) is 9.53 Å². The minimum absolute atomic E-state index is 0.232. The normalized spacial score (nSPS) is 11.5. The van der Waals surface area contributed by atoms with Crippen molar-refractivity contribution in [3.8, 4) is 5.75 Å². The minimum Gasteiger partial charge on any atom is -0.495 e. The van der Waals surface area contributed by atoms with Crippen molar-refractivity contribution in [3.05, 3.63) is 58.9 Å². The SMILES string of the molecule is COc1ccc(NC(=O)C(C)OC(=O)c2ccccc2F)cc1Cl. The molecule has 0 heterocycles. The zero-order valence-corrected chi connectivity index (χ0v) is 13.8. The molecule has 1 N–H and O–H groups in total. The highest BCUT2D eigenvalue weighted by Gasteiger charge is 2.21. The maximum absolute atomic E-state index is 13.5. The van der Waals surface area contributed by atoms with E-state index in [1.165, 1.54) is 38.3 Å². The van der Waals surface area contributed by atoms with Crippen LogP contribution < -0.4 is 10.1 Å². The van der Waals surface area contributed by atoms with Gasteiger partial charge in [0.25, 0.3) is 5.91 Å². The van der Waals surface area contributed by atoms with Crippen LogP contribution >= 0.6 is 11.6 Å². The van der Waals surface area contributed by atoms with Crippen LogP contribution in [0.4, 0.5) is 10.1 Å². The van der Waals surface area contributed by atoms with E-state index in [1.807, 2.05) is 0 Å². The molecule has 1 unspecified atom stereocenters. The van der Waals surface area contributed by atoms with Crippen LogP contribution in [0.15, 0.2) is 42.5 Å². The molecule has 2 rings (SSSR count). The van der Waals surface area contributed by atoms with Gasteiger partial charge in [-0.2, -0.15) is 0 Å². The average Bonchev–Trinajstić information content (AvgIpc) is 2.55. The number of halogens is 2. The number of ether oxygens (including phenoxy) is 2. The van der Waals surface area contributed by atoms with Gasteiger partial charge in [-0.3, -0.25) is 4.79 Å². The van der Waals surface area contributed by atoms with Crippen LogP contribution in [0.25, 0.3) is 0 Å². The zero-order chi connectivity index (χ0) is 17.7. The Labute approximate surface area is 143 Å². The van der Waals surface area contributed by atoms with E-state index < -0.39 is 23.8 Å². The molecule has 2 aromatic carbocycles. The second kappa shape index (κ2) is 7.79. The van der Waals surface area contributed by atoms with Crippen LogP contribution in [0, 0.1) is 5.82 Å². The second-order valence-electron chi connectivity index (χ2n) is 4.87. The number of methoxy groups -OCH3 is 1. The fourth-order valence-electron chi connectivity index (χ4n) is 1.89. The molecule has 1 amide bonds. The summed E-state index contributed by atoms with van der Waals surface area (Å²) in [5.41, 5.74) is 0.184. The number of rotatable bonds is 5. The van der Waals surface area contributed by atoms with Crippen molar-refractivity contribution in [1.82, 2.24) is 0 Å². The molecule has 0 bridgehead atoms. The van der Waals surface area contributed by atoms with Gasteiger partial charge >= 0.3 is 5.97 Å². The first-order valence-electron chi connectivity index (χ1n) is 7.02. The first-order chi connectivity index (χ1) is 11.4. The maximum Gasteiger partial charge on any atom is 0.341 e. The maximum atomic E-state index is 13.5. The van der Waals surface area contributed by atoms with Crippen LogP contribution in [0.3, 0.4) is 0 Å². The number of anilines is 1. The summed E-state index contributed by atoms with van der Waals surface area (Å²) in [4.78, 5) is 24.0. The molecular weight excluding hydrogens is 337 g/mol. The lowest BCUT2D eigenvalue weighted by Crippen LogP contribution is -2.30. The minimum atomic E-state index is -1.11. The molecule has 7 heteroatoms. The van der Waals surface area contributed by atoms with E-state index >= 15 is 0 Å². The van der Waals surface area contributed by atoms with Crippen LogP contribution in [0.1, 0.15) is 17.3 Å². The number of hydrogen-bond acceptors (Lipinski definition) is 4. The molecule has 2 aromatic rings. The molecule has 0 saturated carbocycles. The average molecular weight is 352 g/mol. The van der Waals surface area contributed by atoms with Crippen LogP contribution in [-0.4, -0.2) is 25.1 Å². The third-order valence-electron chi connectivity index (χ3n) is 3.17. The summed E-state index contributed by atoms with van der Waals surface area (Å²) in [7, 11) is 1.48. The largest absolute Gasteiger partial charge is 0.495 e. The molecule has 5 nitrogen and oxygen atoms in total.